The molecule has 1 aliphatic rings. The van der Waals surface area contributed by atoms with Crippen LogP contribution in [-0.2, 0) is 0 Å². The van der Waals surface area contributed by atoms with E-state index in [2.05, 4.69) is 10.2 Å². The number of amides is 1. The maximum absolute atomic E-state index is 12.1. The summed E-state index contributed by atoms with van der Waals surface area (Å²) in [4.78, 5) is 24.4. The van der Waals surface area contributed by atoms with Crippen molar-refractivity contribution in [3.63, 3.8) is 0 Å². The molecule has 1 aliphatic carbocycles. The molecule has 0 heterocycles. The minimum absolute atomic E-state index is 0.0280. The SMILES string of the molecule is CN(C)C1(CNC(=O)c2ccc([N+](=O)[O-])c(Cl)c2)CCC1. The molecule has 0 bridgehead atoms. The number of benzene rings is 1. The zero-order valence-corrected chi connectivity index (χ0v) is 12.8. The van der Waals surface area contributed by atoms with Crippen molar-refractivity contribution in [3.05, 3.63) is 38.9 Å². The molecule has 0 spiro atoms. The summed E-state index contributed by atoms with van der Waals surface area (Å²) in [6, 6.07) is 4.00. The molecule has 0 aliphatic heterocycles. The summed E-state index contributed by atoms with van der Waals surface area (Å²) in [6.07, 6.45) is 3.28. The van der Waals surface area contributed by atoms with Gasteiger partial charge in [-0.1, -0.05) is 11.6 Å². The van der Waals surface area contributed by atoms with Crippen molar-refractivity contribution in [2.24, 2.45) is 0 Å². The van der Waals surface area contributed by atoms with Gasteiger partial charge in [0.05, 0.1) is 4.92 Å². The summed E-state index contributed by atoms with van der Waals surface area (Å²) >= 11 is 5.82. The number of nitrogens with one attached hydrogen (secondary N) is 1. The lowest BCUT2D eigenvalue weighted by atomic mass is 9.75. The Morgan fingerprint density at radius 3 is 2.57 bits per heavy atom. The molecular formula is C14H18ClN3O3. The van der Waals surface area contributed by atoms with Gasteiger partial charge in [-0.2, -0.15) is 0 Å². The number of halogens is 1. The first-order valence-electron chi connectivity index (χ1n) is 6.75. The number of nitrogens with zero attached hydrogens (tertiary/aromatic N) is 2. The van der Waals surface area contributed by atoms with Crippen LogP contribution in [0.3, 0.4) is 0 Å². The van der Waals surface area contributed by atoms with Gasteiger partial charge in [0, 0.05) is 23.7 Å². The molecule has 21 heavy (non-hydrogen) atoms. The third-order valence-electron chi connectivity index (χ3n) is 4.22. The molecule has 1 amide bonds. The quantitative estimate of drug-likeness (QED) is 0.669. The number of carbonyl (C=O) groups excluding carboxylic acids is 1. The Labute approximate surface area is 128 Å². The lowest BCUT2D eigenvalue weighted by molar-refractivity contribution is -0.384. The zero-order valence-electron chi connectivity index (χ0n) is 12.1. The van der Waals surface area contributed by atoms with Crippen molar-refractivity contribution < 1.29 is 9.72 Å². The summed E-state index contributed by atoms with van der Waals surface area (Å²) in [5.74, 6) is -0.264. The standard InChI is InChI=1S/C14H18ClN3O3/c1-17(2)14(6-3-7-14)9-16-13(19)10-4-5-12(18(20)21)11(15)8-10/h4-5,8H,3,6-7,9H2,1-2H3,(H,16,19). The van der Waals surface area contributed by atoms with Gasteiger partial charge < -0.3 is 10.2 Å². The summed E-state index contributed by atoms with van der Waals surface area (Å²) in [5, 5.41) is 13.6. The molecule has 7 heteroatoms. The number of hydrogen-bond acceptors (Lipinski definition) is 4. The van der Waals surface area contributed by atoms with Gasteiger partial charge in [-0.3, -0.25) is 14.9 Å². The Bertz CT molecular complexity index is 571. The highest BCUT2D eigenvalue weighted by Gasteiger charge is 2.39. The van der Waals surface area contributed by atoms with Crippen LogP contribution in [-0.4, -0.2) is 41.9 Å². The molecule has 1 aromatic rings. The third kappa shape index (κ3) is 3.16. The number of nitro groups is 1. The van der Waals surface area contributed by atoms with E-state index in [1.54, 1.807) is 0 Å². The molecule has 114 valence electrons. The molecule has 1 fully saturated rings. The van der Waals surface area contributed by atoms with Gasteiger partial charge in [0.25, 0.3) is 11.6 Å². The van der Waals surface area contributed by atoms with Crippen molar-refractivity contribution in [1.29, 1.82) is 0 Å². The number of rotatable bonds is 5. The smallest absolute Gasteiger partial charge is 0.287 e. The molecule has 2 rings (SSSR count). The predicted octanol–water partition coefficient (Wildman–Crippen LogP) is 2.46. The van der Waals surface area contributed by atoms with Crippen LogP contribution in [0.25, 0.3) is 0 Å². The number of hydrogen-bond donors (Lipinski definition) is 1. The Balaban J connectivity index is 2.04. The predicted molar refractivity (Wildman–Crippen MR) is 80.7 cm³/mol. The number of likely N-dealkylation sites (N-methyl/N-ethyl adjacent to an activating group) is 1. The highest BCUT2D eigenvalue weighted by Crippen LogP contribution is 2.35. The topological polar surface area (TPSA) is 75.5 Å². The van der Waals surface area contributed by atoms with E-state index < -0.39 is 4.92 Å². The average molecular weight is 312 g/mol. The minimum atomic E-state index is -0.570. The van der Waals surface area contributed by atoms with E-state index in [0.717, 1.165) is 19.3 Å². The monoisotopic (exact) mass is 311 g/mol. The summed E-state index contributed by atoms with van der Waals surface area (Å²) in [7, 11) is 4.02. The normalized spacial score (nSPS) is 16.4. The second-order valence-corrected chi connectivity index (χ2v) is 5.99. The first-order valence-corrected chi connectivity index (χ1v) is 7.13. The van der Waals surface area contributed by atoms with Crippen molar-refractivity contribution in [3.8, 4) is 0 Å². The van der Waals surface area contributed by atoms with Gasteiger partial charge in [0.2, 0.25) is 0 Å². The summed E-state index contributed by atoms with van der Waals surface area (Å²) in [5.41, 5.74) is 0.163. The van der Waals surface area contributed by atoms with Gasteiger partial charge in [-0.05, 0) is 45.5 Å². The Morgan fingerprint density at radius 2 is 2.14 bits per heavy atom. The summed E-state index contributed by atoms with van der Waals surface area (Å²) in [6.45, 7) is 0.563. The lowest BCUT2D eigenvalue weighted by Gasteiger charge is -2.47. The number of carbonyl (C=O) groups is 1. The van der Waals surface area contributed by atoms with Crippen LogP contribution in [0.4, 0.5) is 5.69 Å². The van der Waals surface area contributed by atoms with Crippen LogP contribution >= 0.6 is 11.6 Å². The van der Waals surface area contributed by atoms with Crippen LogP contribution < -0.4 is 5.32 Å². The molecular weight excluding hydrogens is 294 g/mol. The van der Waals surface area contributed by atoms with Gasteiger partial charge >= 0.3 is 0 Å². The van der Waals surface area contributed by atoms with E-state index in [-0.39, 0.29) is 22.2 Å². The van der Waals surface area contributed by atoms with Crippen LogP contribution in [0.5, 0.6) is 0 Å². The molecule has 1 N–H and O–H groups in total. The highest BCUT2D eigenvalue weighted by atomic mass is 35.5. The molecule has 1 saturated carbocycles. The second kappa shape index (κ2) is 5.99. The first-order chi connectivity index (χ1) is 9.85. The molecule has 1 aromatic carbocycles. The van der Waals surface area contributed by atoms with Crippen molar-refractivity contribution in [2.45, 2.75) is 24.8 Å². The average Bonchev–Trinajstić information content (AvgIpc) is 2.36. The fraction of sp³-hybridized carbons (Fsp3) is 0.500. The fourth-order valence-electron chi connectivity index (χ4n) is 2.51. The molecule has 0 radical (unpaired) electrons. The Hall–Kier alpha value is -1.66. The van der Waals surface area contributed by atoms with E-state index >= 15 is 0 Å². The highest BCUT2D eigenvalue weighted by molar-refractivity contribution is 6.33. The Morgan fingerprint density at radius 1 is 1.48 bits per heavy atom. The van der Waals surface area contributed by atoms with Gasteiger partial charge in [0.1, 0.15) is 5.02 Å². The van der Waals surface area contributed by atoms with Gasteiger partial charge in [-0.25, -0.2) is 0 Å². The van der Waals surface area contributed by atoms with Crippen LogP contribution in [0, 0.1) is 10.1 Å². The van der Waals surface area contributed by atoms with E-state index in [4.69, 9.17) is 11.6 Å². The maximum atomic E-state index is 12.1. The van der Waals surface area contributed by atoms with E-state index in [9.17, 15) is 14.9 Å². The molecule has 0 atom stereocenters. The molecule has 0 aromatic heterocycles. The van der Waals surface area contributed by atoms with Crippen LogP contribution in [0.15, 0.2) is 18.2 Å². The third-order valence-corrected chi connectivity index (χ3v) is 4.52. The van der Waals surface area contributed by atoms with Gasteiger partial charge in [0.15, 0.2) is 0 Å². The number of nitro benzene ring substituents is 1. The van der Waals surface area contributed by atoms with Gasteiger partial charge in [-0.15, -0.1) is 0 Å². The second-order valence-electron chi connectivity index (χ2n) is 5.58. The van der Waals surface area contributed by atoms with E-state index in [1.807, 2.05) is 14.1 Å². The lowest BCUT2D eigenvalue weighted by Crippen LogP contribution is -2.57. The van der Waals surface area contributed by atoms with Crippen LogP contribution in [0.1, 0.15) is 29.6 Å². The fourth-order valence-corrected chi connectivity index (χ4v) is 2.76. The summed E-state index contributed by atoms with van der Waals surface area (Å²) < 4.78 is 0. The first kappa shape index (κ1) is 15.7. The largest absolute Gasteiger partial charge is 0.350 e. The molecule has 0 saturated heterocycles. The Kier molecular flexibility index (Phi) is 4.49. The van der Waals surface area contributed by atoms with Crippen molar-refractivity contribution in [1.82, 2.24) is 10.2 Å². The van der Waals surface area contributed by atoms with Crippen LogP contribution in [0.2, 0.25) is 5.02 Å². The van der Waals surface area contributed by atoms with Crippen molar-refractivity contribution in [2.75, 3.05) is 20.6 Å². The zero-order chi connectivity index (χ0) is 15.6. The minimum Gasteiger partial charge on any atom is -0.350 e. The maximum Gasteiger partial charge on any atom is 0.287 e. The van der Waals surface area contributed by atoms with Crippen molar-refractivity contribution >= 4 is 23.2 Å². The molecule has 6 nitrogen and oxygen atoms in total. The van der Waals surface area contributed by atoms with E-state index in [1.165, 1.54) is 18.2 Å². The molecule has 0 unspecified atom stereocenters. The van der Waals surface area contributed by atoms with E-state index in [0.29, 0.717) is 12.1 Å².